The highest BCUT2D eigenvalue weighted by molar-refractivity contribution is 5.90. The van der Waals surface area contributed by atoms with E-state index < -0.39 is 5.66 Å². The second kappa shape index (κ2) is 7.01. The van der Waals surface area contributed by atoms with Crippen molar-refractivity contribution in [1.82, 2.24) is 9.97 Å². The average Bonchev–Trinajstić information content (AvgIpc) is 3.40. The lowest BCUT2D eigenvalue weighted by molar-refractivity contribution is -0.116. The molecule has 0 aliphatic carbocycles. The molecule has 0 fully saturated rings. The van der Waals surface area contributed by atoms with E-state index in [1.165, 1.54) is 0 Å². The Hall–Kier alpha value is -3.07. The summed E-state index contributed by atoms with van der Waals surface area (Å²) in [7, 11) is 0. The molecule has 1 aliphatic heterocycles. The first-order valence-corrected chi connectivity index (χ1v) is 7.76. The normalized spacial score (nSPS) is 14.0. The first-order chi connectivity index (χ1) is 11.7. The first kappa shape index (κ1) is 15.8. The SMILES string of the molecule is C#CCCC1(CCC(=O)Nc2cnc(-c3ccccc3)nc2)N=N1. The third-order valence-electron chi connectivity index (χ3n) is 3.77. The number of rotatable bonds is 7. The standard InChI is InChI=1S/C18H17N5O/c1-2-3-10-18(22-23-18)11-9-16(24)21-15-12-19-17(20-13-15)14-7-5-4-6-8-14/h1,4-8,12-13H,3,9-11H2,(H,21,24). The van der Waals surface area contributed by atoms with Gasteiger partial charge in [0.05, 0.1) is 18.1 Å². The van der Waals surface area contributed by atoms with Crippen LogP contribution in [0.25, 0.3) is 11.4 Å². The van der Waals surface area contributed by atoms with Crippen molar-refractivity contribution in [1.29, 1.82) is 0 Å². The summed E-state index contributed by atoms with van der Waals surface area (Å²) in [6.45, 7) is 0. The maximum atomic E-state index is 12.0. The molecule has 120 valence electrons. The van der Waals surface area contributed by atoms with Crippen molar-refractivity contribution in [3.05, 3.63) is 42.7 Å². The lowest BCUT2D eigenvalue weighted by Gasteiger charge is -2.09. The van der Waals surface area contributed by atoms with E-state index in [1.54, 1.807) is 12.4 Å². The Labute approximate surface area is 140 Å². The Morgan fingerprint density at radius 1 is 1.12 bits per heavy atom. The average molecular weight is 319 g/mol. The Morgan fingerprint density at radius 2 is 1.83 bits per heavy atom. The van der Waals surface area contributed by atoms with Gasteiger partial charge in [0.1, 0.15) is 0 Å². The molecule has 2 heterocycles. The van der Waals surface area contributed by atoms with Crippen LogP contribution in [-0.4, -0.2) is 21.5 Å². The molecule has 6 heteroatoms. The van der Waals surface area contributed by atoms with Gasteiger partial charge in [-0.15, -0.1) is 12.3 Å². The number of hydrogen-bond donors (Lipinski definition) is 1. The maximum absolute atomic E-state index is 12.0. The fourth-order valence-electron chi connectivity index (χ4n) is 2.33. The lowest BCUT2D eigenvalue weighted by Crippen LogP contribution is -2.17. The number of carbonyl (C=O) groups excluding carboxylic acids is 1. The van der Waals surface area contributed by atoms with Crippen LogP contribution in [0.3, 0.4) is 0 Å². The zero-order valence-corrected chi connectivity index (χ0v) is 13.1. The molecular formula is C18H17N5O. The quantitative estimate of drug-likeness (QED) is 0.794. The van der Waals surface area contributed by atoms with Crippen LogP contribution < -0.4 is 5.32 Å². The van der Waals surface area contributed by atoms with Gasteiger partial charge in [-0.25, -0.2) is 9.97 Å². The summed E-state index contributed by atoms with van der Waals surface area (Å²) in [5, 5.41) is 10.8. The van der Waals surface area contributed by atoms with Crippen molar-refractivity contribution in [2.75, 3.05) is 5.32 Å². The third kappa shape index (κ3) is 4.02. The van der Waals surface area contributed by atoms with E-state index in [-0.39, 0.29) is 5.91 Å². The Kier molecular flexibility index (Phi) is 4.62. The second-order valence-electron chi connectivity index (χ2n) is 5.60. The Morgan fingerprint density at radius 3 is 2.46 bits per heavy atom. The van der Waals surface area contributed by atoms with Gasteiger partial charge in [0.25, 0.3) is 0 Å². The molecule has 0 saturated carbocycles. The third-order valence-corrected chi connectivity index (χ3v) is 3.77. The molecule has 0 unspecified atom stereocenters. The van der Waals surface area contributed by atoms with Crippen molar-refractivity contribution >= 4 is 11.6 Å². The number of terminal acetylenes is 1. The van der Waals surface area contributed by atoms with E-state index in [4.69, 9.17) is 6.42 Å². The molecule has 2 aromatic rings. The van der Waals surface area contributed by atoms with Crippen LogP contribution in [0.1, 0.15) is 25.7 Å². The number of nitrogens with zero attached hydrogens (tertiary/aromatic N) is 4. The van der Waals surface area contributed by atoms with Crippen LogP contribution in [0.5, 0.6) is 0 Å². The van der Waals surface area contributed by atoms with E-state index in [0.29, 0.717) is 37.2 Å². The highest BCUT2D eigenvalue weighted by Gasteiger charge is 2.39. The van der Waals surface area contributed by atoms with Gasteiger partial charge in [-0.2, -0.15) is 10.2 Å². The van der Waals surface area contributed by atoms with E-state index >= 15 is 0 Å². The summed E-state index contributed by atoms with van der Waals surface area (Å²) in [5.41, 5.74) is 1.07. The number of benzene rings is 1. The highest BCUT2D eigenvalue weighted by atomic mass is 16.1. The van der Waals surface area contributed by atoms with Gasteiger partial charge in [-0.3, -0.25) is 4.79 Å². The number of nitrogens with one attached hydrogen (secondary N) is 1. The lowest BCUT2D eigenvalue weighted by atomic mass is 10.0. The van der Waals surface area contributed by atoms with Crippen LogP contribution in [0.2, 0.25) is 0 Å². The zero-order valence-electron chi connectivity index (χ0n) is 13.1. The van der Waals surface area contributed by atoms with Crippen LogP contribution in [0, 0.1) is 12.3 Å². The first-order valence-electron chi connectivity index (χ1n) is 7.76. The van der Waals surface area contributed by atoms with E-state index in [1.807, 2.05) is 30.3 Å². The molecule has 0 bridgehead atoms. The van der Waals surface area contributed by atoms with Crippen molar-refractivity contribution in [3.8, 4) is 23.7 Å². The molecule has 6 nitrogen and oxygen atoms in total. The van der Waals surface area contributed by atoms with Crippen LogP contribution in [0.4, 0.5) is 5.69 Å². The predicted molar refractivity (Wildman–Crippen MR) is 91.0 cm³/mol. The molecule has 1 amide bonds. The Balaban J connectivity index is 1.51. The number of amides is 1. The number of hydrogen-bond acceptors (Lipinski definition) is 5. The molecule has 1 aromatic heterocycles. The molecular weight excluding hydrogens is 302 g/mol. The van der Waals surface area contributed by atoms with Gasteiger partial charge < -0.3 is 5.32 Å². The molecule has 0 spiro atoms. The predicted octanol–water partition coefficient (Wildman–Crippen LogP) is 3.44. The summed E-state index contributed by atoms with van der Waals surface area (Å²) in [6.07, 6.45) is 10.7. The van der Waals surface area contributed by atoms with Gasteiger partial charge >= 0.3 is 0 Å². The van der Waals surface area contributed by atoms with Crippen molar-refractivity contribution < 1.29 is 4.79 Å². The number of anilines is 1. The molecule has 24 heavy (non-hydrogen) atoms. The van der Waals surface area contributed by atoms with Crippen LogP contribution in [0.15, 0.2) is 53.0 Å². The van der Waals surface area contributed by atoms with E-state index in [0.717, 1.165) is 5.56 Å². The summed E-state index contributed by atoms with van der Waals surface area (Å²) in [4.78, 5) is 20.6. The molecule has 0 saturated heterocycles. The summed E-state index contributed by atoms with van der Waals surface area (Å²) in [6, 6.07) is 9.67. The fourth-order valence-corrected chi connectivity index (χ4v) is 2.33. The minimum absolute atomic E-state index is 0.108. The minimum Gasteiger partial charge on any atom is -0.323 e. The molecule has 0 radical (unpaired) electrons. The van der Waals surface area contributed by atoms with Crippen molar-refractivity contribution in [3.63, 3.8) is 0 Å². The minimum atomic E-state index is -0.433. The number of carbonyl (C=O) groups is 1. The summed E-state index contributed by atoms with van der Waals surface area (Å²) in [5.74, 6) is 3.09. The van der Waals surface area contributed by atoms with E-state index in [9.17, 15) is 4.79 Å². The second-order valence-corrected chi connectivity index (χ2v) is 5.60. The molecule has 0 atom stereocenters. The zero-order chi connectivity index (χ0) is 16.8. The smallest absolute Gasteiger partial charge is 0.224 e. The van der Waals surface area contributed by atoms with Gasteiger partial charge in [0.2, 0.25) is 5.91 Å². The van der Waals surface area contributed by atoms with E-state index in [2.05, 4.69) is 31.4 Å². The van der Waals surface area contributed by atoms with Gasteiger partial charge in [0.15, 0.2) is 11.5 Å². The molecule has 1 N–H and O–H groups in total. The Bertz CT molecular complexity index is 771. The summed E-state index contributed by atoms with van der Waals surface area (Å²) < 4.78 is 0. The maximum Gasteiger partial charge on any atom is 0.224 e. The molecule has 3 rings (SSSR count). The van der Waals surface area contributed by atoms with Crippen molar-refractivity contribution in [2.45, 2.75) is 31.3 Å². The van der Waals surface area contributed by atoms with Crippen molar-refractivity contribution in [2.24, 2.45) is 10.2 Å². The van der Waals surface area contributed by atoms with Crippen LogP contribution >= 0.6 is 0 Å². The summed E-state index contributed by atoms with van der Waals surface area (Å²) >= 11 is 0. The van der Waals surface area contributed by atoms with Gasteiger partial charge in [0, 0.05) is 31.2 Å². The molecule has 1 aromatic carbocycles. The largest absolute Gasteiger partial charge is 0.323 e. The highest BCUT2D eigenvalue weighted by Crippen LogP contribution is 2.37. The topological polar surface area (TPSA) is 79.6 Å². The monoisotopic (exact) mass is 319 g/mol. The van der Waals surface area contributed by atoms with Gasteiger partial charge in [-0.05, 0) is 0 Å². The molecule has 1 aliphatic rings. The van der Waals surface area contributed by atoms with Gasteiger partial charge in [-0.1, -0.05) is 30.3 Å². The number of aromatic nitrogens is 2. The van der Waals surface area contributed by atoms with Crippen LogP contribution in [-0.2, 0) is 4.79 Å². The fraction of sp³-hybridized carbons (Fsp3) is 0.278.